The Morgan fingerprint density at radius 1 is 0.927 bits per heavy atom. The van der Waals surface area contributed by atoms with E-state index >= 15 is 0 Å². The van der Waals surface area contributed by atoms with E-state index in [1.54, 1.807) is 30.3 Å². The number of anilines is 1. The number of nitrogens with one attached hydrogen (secondary N) is 1. The van der Waals surface area contributed by atoms with E-state index in [1.165, 1.54) is 24.1 Å². The van der Waals surface area contributed by atoms with Crippen LogP contribution < -0.4 is 14.4 Å². The lowest BCUT2D eigenvalue weighted by atomic mass is 10.0. The minimum atomic E-state index is -3.98. The molecule has 0 bridgehead atoms. The van der Waals surface area contributed by atoms with Gasteiger partial charge in [0.1, 0.15) is 18.3 Å². The summed E-state index contributed by atoms with van der Waals surface area (Å²) in [7, 11) is -2.59. The molecule has 0 saturated heterocycles. The van der Waals surface area contributed by atoms with Crippen LogP contribution in [0.25, 0.3) is 0 Å². The molecular formula is C30H35Cl2N3O5S. The number of benzene rings is 3. The van der Waals surface area contributed by atoms with E-state index in [4.69, 9.17) is 27.9 Å². The summed E-state index contributed by atoms with van der Waals surface area (Å²) >= 11 is 12.4. The highest BCUT2D eigenvalue weighted by molar-refractivity contribution is 7.92. The van der Waals surface area contributed by atoms with E-state index in [0.29, 0.717) is 10.6 Å². The lowest BCUT2D eigenvalue weighted by Gasteiger charge is -2.35. The maximum atomic E-state index is 14.2. The van der Waals surface area contributed by atoms with Gasteiger partial charge in [0, 0.05) is 28.5 Å². The Morgan fingerprint density at radius 2 is 1.56 bits per heavy atom. The largest absolute Gasteiger partial charge is 0.495 e. The molecule has 0 aliphatic carbocycles. The van der Waals surface area contributed by atoms with Gasteiger partial charge in [-0.2, -0.15) is 0 Å². The number of methoxy groups -OCH3 is 1. The van der Waals surface area contributed by atoms with Gasteiger partial charge in [0.2, 0.25) is 21.8 Å². The number of carbonyl (C=O) groups excluding carboxylic acids is 2. The molecule has 41 heavy (non-hydrogen) atoms. The van der Waals surface area contributed by atoms with Crippen LogP contribution >= 0.6 is 23.2 Å². The van der Waals surface area contributed by atoms with Crippen LogP contribution in [0.4, 0.5) is 5.69 Å². The second kappa shape index (κ2) is 13.6. The zero-order valence-electron chi connectivity index (χ0n) is 23.7. The summed E-state index contributed by atoms with van der Waals surface area (Å²) in [5.41, 5.74) is 1.04. The van der Waals surface area contributed by atoms with Gasteiger partial charge in [0.25, 0.3) is 0 Å². The topological polar surface area (TPSA) is 96.0 Å². The molecule has 0 spiro atoms. The number of hydrogen-bond acceptors (Lipinski definition) is 5. The van der Waals surface area contributed by atoms with Crippen LogP contribution in [-0.4, -0.2) is 56.6 Å². The summed E-state index contributed by atoms with van der Waals surface area (Å²) in [5, 5.41) is 3.72. The molecule has 3 rings (SSSR count). The maximum Gasteiger partial charge on any atom is 0.244 e. The lowest BCUT2D eigenvalue weighted by Crippen LogP contribution is -2.56. The summed E-state index contributed by atoms with van der Waals surface area (Å²) in [4.78, 5) is 29.3. The molecule has 0 heterocycles. The van der Waals surface area contributed by atoms with Gasteiger partial charge in [0.15, 0.2) is 0 Å². The fourth-order valence-corrected chi connectivity index (χ4v) is 5.52. The number of carbonyl (C=O) groups is 2. The van der Waals surface area contributed by atoms with E-state index in [-0.39, 0.29) is 35.3 Å². The summed E-state index contributed by atoms with van der Waals surface area (Å²) in [5.74, 6) is -0.745. The van der Waals surface area contributed by atoms with Crippen molar-refractivity contribution in [1.29, 1.82) is 0 Å². The van der Waals surface area contributed by atoms with Crippen molar-refractivity contribution in [2.45, 2.75) is 45.3 Å². The molecule has 0 radical (unpaired) electrons. The van der Waals surface area contributed by atoms with Crippen molar-refractivity contribution in [2.75, 3.05) is 24.2 Å². The third kappa shape index (κ3) is 9.38. The molecule has 3 aromatic carbocycles. The molecule has 2 amide bonds. The zero-order chi connectivity index (χ0) is 30.4. The van der Waals surface area contributed by atoms with E-state index in [0.717, 1.165) is 16.1 Å². The number of halogens is 2. The Balaban J connectivity index is 2.12. The molecule has 0 unspecified atom stereocenters. The second-order valence-electron chi connectivity index (χ2n) is 10.7. The van der Waals surface area contributed by atoms with Crippen molar-refractivity contribution in [2.24, 2.45) is 0 Å². The first-order valence-electron chi connectivity index (χ1n) is 12.9. The minimum absolute atomic E-state index is 0.0126. The Kier molecular flexibility index (Phi) is 10.7. The monoisotopic (exact) mass is 619 g/mol. The number of ether oxygens (including phenoxy) is 1. The fraction of sp³-hybridized carbons (Fsp3) is 0.333. The molecule has 0 fully saturated rings. The molecule has 0 aromatic heterocycles. The molecule has 0 saturated carbocycles. The third-order valence-corrected chi connectivity index (χ3v) is 7.70. The van der Waals surface area contributed by atoms with Crippen molar-refractivity contribution in [3.05, 3.63) is 94.0 Å². The normalized spacial score (nSPS) is 12.4. The molecular weight excluding hydrogens is 585 g/mol. The van der Waals surface area contributed by atoms with Crippen LogP contribution in [0.3, 0.4) is 0 Å². The van der Waals surface area contributed by atoms with E-state index in [2.05, 4.69) is 5.32 Å². The maximum absolute atomic E-state index is 14.2. The Labute approximate surface area is 252 Å². The predicted molar refractivity (Wildman–Crippen MR) is 164 cm³/mol. The highest BCUT2D eigenvalue weighted by atomic mass is 35.5. The lowest BCUT2D eigenvalue weighted by molar-refractivity contribution is -0.140. The van der Waals surface area contributed by atoms with Crippen molar-refractivity contribution < 1.29 is 22.7 Å². The van der Waals surface area contributed by atoms with Gasteiger partial charge in [-0.1, -0.05) is 65.7 Å². The molecule has 3 aromatic rings. The molecule has 8 nitrogen and oxygen atoms in total. The standard InChI is InChI=1S/C30H35Cl2N3O5S/c1-30(2,3)33-29(37)26(17-21-10-7-6-8-11-21)34(19-22-12-9-13-23(31)16-22)28(36)20-35(41(5,38)39)25-18-24(32)14-15-27(25)40-4/h6-16,18,26H,17,19-20H2,1-5H3,(H,33,37)/t26-/m0/s1. The van der Waals surface area contributed by atoms with E-state index < -0.39 is 34.1 Å². The van der Waals surface area contributed by atoms with Crippen molar-refractivity contribution in [3.8, 4) is 5.75 Å². The highest BCUT2D eigenvalue weighted by Gasteiger charge is 2.35. The van der Waals surface area contributed by atoms with Crippen LogP contribution in [0.5, 0.6) is 5.75 Å². The second-order valence-corrected chi connectivity index (χ2v) is 13.5. The average molecular weight is 621 g/mol. The van der Waals surface area contributed by atoms with Gasteiger partial charge < -0.3 is 15.0 Å². The summed E-state index contributed by atoms with van der Waals surface area (Å²) in [6.45, 7) is 4.97. The van der Waals surface area contributed by atoms with E-state index in [1.807, 2.05) is 51.1 Å². The Hall–Kier alpha value is -3.27. The van der Waals surface area contributed by atoms with Crippen molar-refractivity contribution >= 4 is 50.7 Å². The molecule has 1 atom stereocenters. The smallest absolute Gasteiger partial charge is 0.244 e. The van der Waals surface area contributed by atoms with Crippen LogP contribution in [0.1, 0.15) is 31.9 Å². The highest BCUT2D eigenvalue weighted by Crippen LogP contribution is 2.33. The molecule has 220 valence electrons. The van der Waals surface area contributed by atoms with Gasteiger partial charge in [0.05, 0.1) is 19.1 Å². The van der Waals surface area contributed by atoms with Gasteiger partial charge in [-0.3, -0.25) is 13.9 Å². The van der Waals surface area contributed by atoms with Crippen molar-refractivity contribution in [3.63, 3.8) is 0 Å². The minimum Gasteiger partial charge on any atom is -0.495 e. The fourth-order valence-electron chi connectivity index (χ4n) is 4.29. The molecule has 1 N–H and O–H groups in total. The number of rotatable bonds is 11. The van der Waals surface area contributed by atoms with Crippen LogP contribution in [-0.2, 0) is 32.6 Å². The molecule has 0 aliphatic heterocycles. The van der Waals surface area contributed by atoms with Gasteiger partial charge in [-0.15, -0.1) is 0 Å². The summed E-state index contributed by atoms with van der Waals surface area (Å²) in [6.07, 6.45) is 1.20. The number of sulfonamides is 1. The Morgan fingerprint density at radius 3 is 2.15 bits per heavy atom. The van der Waals surface area contributed by atoms with Crippen LogP contribution in [0, 0.1) is 0 Å². The zero-order valence-corrected chi connectivity index (χ0v) is 26.1. The Bertz CT molecular complexity index is 1480. The predicted octanol–water partition coefficient (Wildman–Crippen LogP) is 5.32. The first kappa shape index (κ1) is 32.2. The SMILES string of the molecule is COc1ccc(Cl)cc1N(CC(=O)N(Cc1cccc(Cl)c1)[C@@H](Cc1ccccc1)C(=O)NC(C)(C)C)S(C)(=O)=O. The summed E-state index contributed by atoms with van der Waals surface area (Å²) in [6, 6.07) is 19.8. The van der Waals surface area contributed by atoms with Crippen LogP contribution in [0.2, 0.25) is 10.0 Å². The first-order chi connectivity index (χ1) is 19.2. The number of hydrogen-bond donors (Lipinski definition) is 1. The van der Waals surface area contributed by atoms with E-state index in [9.17, 15) is 18.0 Å². The van der Waals surface area contributed by atoms with Gasteiger partial charge in [-0.25, -0.2) is 8.42 Å². The van der Waals surface area contributed by atoms with Crippen LogP contribution in [0.15, 0.2) is 72.8 Å². The van der Waals surface area contributed by atoms with Crippen molar-refractivity contribution in [1.82, 2.24) is 10.2 Å². The molecule has 0 aliphatic rings. The third-order valence-electron chi connectivity index (χ3n) is 6.10. The average Bonchev–Trinajstić information content (AvgIpc) is 2.88. The quantitative estimate of drug-likeness (QED) is 0.313. The van der Waals surface area contributed by atoms with Gasteiger partial charge in [-0.05, 0) is 62.2 Å². The first-order valence-corrected chi connectivity index (χ1v) is 15.5. The molecule has 11 heteroatoms. The number of nitrogens with zero attached hydrogens (tertiary/aromatic N) is 2. The van der Waals surface area contributed by atoms with Gasteiger partial charge >= 0.3 is 0 Å². The number of amides is 2. The summed E-state index contributed by atoms with van der Waals surface area (Å²) < 4.78 is 32.3.